The second kappa shape index (κ2) is 6.87. The molecule has 0 bridgehead atoms. The van der Waals surface area contributed by atoms with Crippen LogP contribution in [0.15, 0.2) is 24.3 Å². The number of thiocarbonyl (C=S) groups is 1. The van der Waals surface area contributed by atoms with Crippen molar-refractivity contribution in [2.75, 3.05) is 18.9 Å². The molecule has 4 heteroatoms. The van der Waals surface area contributed by atoms with E-state index < -0.39 is 0 Å². The monoisotopic (exact) mass is 247 g/mol. The molecule has 90 valence electrons. The van der Waals surface area contributed by atoms with Crippen molar-refractivity contribution in [1.29, 1.82) is 5.26 Å². The minimum Gasteiger partial charge on any atom is -0.351 e. The Morgan fingerprint density at radius 3 is 2.59 bits per heavy atom. The maximum Gasteiger partial charge on any atom is 0.173 e. The van der Waals surface area contributed by atoms with Gasteiger partial charge in [0.05, 0.1) is 12.5 Å². The summed E-state index contributed by atoms with van der Waals surface area (Å²) in [6, 6.07) is 10.3. The van der Waals surface area contributed by atoms with Gasteiger partial charge in [-0.25, -0.2) is 0 Å². The summed E-state index contributed by atoms with van der Waals surface area (Å²) in [6.45, 7) is 2.78. The van der Waals surface area contributed by atoms with Crippen LogP contribution in [-0.4, -0.2) is 23.6 Å². The normalized spacial score (nSPS) is 9.47. The summed E-state index contributed by atoms with van der Waals surface area (Å²) in [5, 5.41) is 12.3. The van der Waals surface area contributed by atoms with Gasteiger partial charge in [0.2, 0.25) is 0 Å². The lowest BCUT2D eigenvalue weighted by molar-refractivity contribution is 0.523. The van der Waals surface area contributed by atoms with Crippen molar-refractivity contribution < 1.29 is 0 Å². The quantitative estimate of drug-likeness (QED) is 0.830. The van der Waals surface area contributed by atoms with Gasteiger partial charge >= 0.3 is 0 Å². The van der Waals surface area contributed by atoms with E-state index >= 15 is 0 Å². The second-order valence-corrected chi connectivity index (χ2v) is 4.20. The van der Waals surface area contributed by atoms with Crippen LogP contribution in [0.4, 0.5) is 5.69 Å². The molecular formula is C13H17N3S. The molecule has 0 saturated heterocycles. The van der Waals surface area contributed by atoms with Gasteiger partial charge in [-0.2, -0.15) is 5.26 Å². The highest BCUT2D eigenvalue weighted by Gasteiger charge is 2.03. The predicted octanol–water partition coefficient (Wildman–Crippen LogP) is 2.79. The zero-order valence-corrected chi connectivity index (χ0v) is 11.0. The summed E-state index contributed by atoms with van der Waals surface area (Å²) in [5.41, 5.74) is 2.29. The van der Waals surface area contributed by atoms with Crippen molar-refractivity contribution in [2.24, 2.45) is 0 Å². The lowest BCUT2D eigenvalue weighted by atomic mass is 10.1. The number of benzene rings is 1. The average molecular weight is 247 g/mol. The molecule has 1 N–H and O–H groups in total. The van der Waals surface area contributed by atoms with Gasteiger partial charge in [0.1, 0.15) is 0 Å². The van der Waals surface area contributed by atoms with Crippen molar-refractivity contribution in [2.45, 2.75) is 19.8 Å². The largest absolute Gasteiger partial charge is 0.351 e. The zero-order chi connectivity index (χ0) is 12.7. The van der Waals surface area contributed by atoms with Crippen molar-refractivity contribution in [3.8, 4) is 6.07 Å². The zero-order valence-electron chi connectivity index (χ0n) is 10.2. The second-order valence-electron chi connectivity index (χ2n) is 3.81. The van der Waals surface area contributed by atoms with Crippen LogP contribution in [0.25, 0.3) is 0 Å². The molecule has 3 nitrogen and oxygen atoms in total. The van der Waals surface area contributed by atoms with Crippen LogP contribution in [0.3, 0.4) is 0 Å². The molecule has 0 aliphatic carbocycles. The van der Waals surface area contributed by atoms with Crippen LogP contribution in [-0.2, 0) is 6.42 Å². The summed E-state index contributed by atoms with van der Waals surface area (Å²) < 4.78 is 0. The predicted molar refractivity (Wildman–Crippen MR) is 74.9 cm³/mol. The number of hydrogen-bond acceptors (Lipinski definition) is 2. The molecule has 17 heavy (non-hydrogen) atoms. The van der Waals surface area contributed by atoms with E-state index in [0.717, 1.165) is 12.1 Å². The van der Waals surface area contributed by atoms with Crippen LogP contribution in [0.1, 0.15) is 18.9 Å². The first-order valence-electron chi connectivity index (χ1n) is 5.65. The van der Waals surface area contributed by atoms with E-state index in [-0.39, 0.29) is 0 Å². The minimum absolute atomic E-state index is 0.479. The molecule has 0 aromatic heterocycles. The first kappa shape index (κ1) is 13.5. The topological polar surface area (TPSA) is 39.1 Å². The third kappa shape index (κ3) is 4.41. The third-order valence-electron chi connectivity index (χ3n) is 2.52. The molecule has 0 amide bonds. The van der Waals surface area contributed by atoms with Crippen LogP contribution >= 0.6 is 12.2 Å². The smallest absolute Gasteiger partial charge is 0.173 e. The van der Waals surface area contributed by atoms with Crippen molar-refractivity contribution in [1.82, 2.24) is 4.90 Å². The maximum absolute atomic E-state index is 8.50. The molecule has 0 spiro atoms. The fraction of sp³-hybridized carbons (Fsp3) is 0.385. The van der Waals surface area contributed by atoms with Gasteiger partial charge in [0, 0.05) is 19.3 Å². The van der Waals surface area contributed by atoms with Gasteiger partial charge in [-0.15, -0.1) is 0 Å². The van der Waals surface area contributed by atoms with Gasteiger partial charge in [-0.3, -0.25) is 0 Å². The fourth-order valence-electron chi connectivity index (χ4n) is 1.36. The van der Waals surface area contributed by atoms with Crippen molar-refractivity contribution >= 4 is 23.0 Å². The van der Waals surface area contributed by atoms with Crippen LogP contribution < -0.4 is 5.32 Å². The molecular weight excluding hydrogens is 230 g/mol. The number of rotatable bonds is 4. The Morgan fingerprint density at radius 2 is 2.06 bits per heavy atom. The van der Waals surface area contributed by atoms with E-state index in [2.05, 4.69) is 30.4 Å². The highest BCUT2D eigenvalue weighted by molar-refractivity contribution is 7.80. The summed E-state index contributed by atoms with van der Waals surface area (Å²) in [4.78, 5) is 1.87. The van der Waals surface area contributed by atoms with Gasteiger partial charge < -0.3 is 10.2 Å². The molecule has 1 rings (SSSR count). The van der Waals surface area contributed by atoms with Crippen LogP contribution in [0.2, 0.25) is 0 Å². The van der Waals surface area contributed by atoms with E-state index in [1.165, 1.54) is 5.56 Å². The van der Waals surface area contributed by atoms with Gasteiger partial charge in [-0.1, -0.05) is 19.1 Å². The minimum atomic E-state index is 0.479. The number of nitriles is 1. The Morgan fingerprint density at radius 1 is 1.41 bits per heavy atom. The van der Waals surface area contributed by atoms with Gasteiger partial charge in [0.15, 0.2) is 5.11 Å². The number of anilines is 1. The fourth-order valence-corrected chi connectivity index (χ4v) is 1.57. The molecule has 0 heterocycles. The highest BCUT2D eigenvalue weighted by Crippen LogP contribution is 2.10. The Kier molecular flexibility index (Phi) is 5.44. The Balaban J connectivity index is 2.52. The molecule has 1 aromatic rings. The Bertz CT molecular complexity index is 406. The molecule has 0 aliphatic heterocycles. The summed E-state index contributed by atoms with van der Waals surface area (Å²) in [6.07, 6.45) is 1.51. The first-order chi connectivity index (χ1) is 8.17. The Labute approximate surface area is 108 Å². The number of nitrogens with one attached hydrogen (secondary N) is 1. The summed E-state index contributed by atoms with van der Waals surface area (Å²) in [7, 11) is 1.88. The third-order valence-corrected chi connectivity index (χ3v) is 2.93. The lowest BCUT2D eigenvalue weighted by Gasteiger charge is -2.19. The van der Waals surface area contributed by atoms with Gasteiger partial charge in [0.25, 0.3) is 0 Å². The van der Waals surface area contributed by atoms with Crippen molar-refractivity contribution in [3.05, 3.63) is 29.8 Å². The van der Waals surface area contributed by atoms with E-state index in [1.807, 2.05) is 24.1 Å². The summed E-state index contributed by atoms with van der Waals surface area (Å²) in [5.74, 6) is 0. The maximum atomic E-state index is 8.50. The van der Waals surface area contributed by atoms with E-state index in [4.69, 9.17) is 17.5 Å². The van der Waals surface area contributed by atoms with Crippen LogP contribution in [0, 0.1) is 11.3 Å². The lowest BCUT2D eigenvalue weighted by Crippen LogP contribution is -2.31. The number of aryl methyl sites for hydroxylation is 1. The molecule has 0 unspecified atom stereocenters. The highest BCUT2D eigenvalue weighted by atomic mass is 32.1. The molecule has 1 aromatic carbocycles. The standard InChI is InChI=1S/C13H17N3S/c1-3-11-5-7-12(8-6-11)15-13(17)16(2)10-4-9-14/h5-8H,3-4,10H2,1-2H3,(H,15,17). The molecule has 0 aliphatic rings. The Hall–Kier alpha value is -1.60. The SMILES string of the molecule is CCc1ccc(NC(=S)N(C)CCC#N)cc1. The molecule has 0 fully saturated rings. The van der Waals surface area contributed by atoms with Crippen molar-refractivity contribution in [3.63, 3.8) is 0 Å². The van der Waals surface area contributed by atoms with Gasteiger partial charge in [-0.05, 0) is 36.3 Å². The average Bonchev–Trinajstić information content (AvgIpc) is 2.36. The molecule has 0 saturated carbocycles. The number of nitrogens with zero attached hydrogens (tertiary/aromatic N) is 2. The molecule has 0 atom stereocenters. The molecule has 0 radical (unpaired) electrons. The first-order valence-corrected chi connectivity index (χ1v) is 6.06. The van der Waals surface area contributed by atoms with Crippen LogP contribution in [0.5, 0.6) is 0 Å². The van der Waals surface area contributed by atoms with E-state index in [9.17, 15) is 0 Å². The van der Waals surface area contributed by atoms with E-state index in [0.29, 0.717) is 18.1 Å². The number of hydrogen-bond donors (Lipinski definition) is 1. The summed E-state index contributed by atoms with van der Waals surface area (Å²) >= 11 is 5.24. The van der Waals surface area contributed by atoms with E-state index in [1.54, 1.807) is 0 Å².